The van der Waals surface area contributed by atoms with Gasteiger partial charge in [-0.25, -0.2) is 13.1 Å². The lowest BCUT2D eigenvalue weighted by Gasteiger charge is -2.06. The molecule has 0 radical (unpaired) electrons. The van der Waals surface area contributed by atoms with E-state index in [1.807, 2.05) is 27.7 Å². The monoisotopic (exact) mass is 250 g/mol. The number of hydrogen-bond donors (Lipinski definition) is 2. The molecule has 1 saturated carbocycles. The molecule has 3 N–H and O–H groups in total. The zero-order valence-corrected chi connectivity index (χ0v) is 11.1. The average molecular weight is 250 g/mol. The molecule has 1 aliphatic carbocycles. The lowest BCUT2D eigenvalue weighted by molar-refractivity contribution is 0.457. The zero-order valence-electron chi connectivity index (χ0n) is 9.49. The van der Waals surface area contributed by atoms with Crippen molar-refractivity contribution in [3.05, 3.63) is 0 Å². The predicted octanol–water partition coefficient (Wildman–Crippen LogP) is 0.626. The molecule has 4 nitrogen and oxygen atoms in total. The summed E-state index contributed by atoms with van der Waals surface area (Å²) in [6, 6.07) is -0.0376. The summed E-state index contributed by atoms with van der Waals surface area (Å²) in [5.41, 5.74) is 5.19. The first kappa shape index (κ1) is 12.9. The molecule has 0 bridgehead atoms. The maximum Gasteiger partial charge on any atom is 0.218 e. The fraction of sp³-hybridized carbons (Fsp3) is 0.889. The fourth-order valence-electron chi connectivity index (χ4n) is 1.90. The Morgan fingerprint density at radius 2 is 1.73 bits per heavy atom. The lowest BCUT2D eigenvalue weighted by atomic mass is 10.0. The predicted molar refractivity (Wildman–Crippen MR) is 65.1 cm³/mol. The molecule has 0 aliphatic heterocycles. The van der Waals surface area contributed by atoms with Gasteiger partial charge in [0.2, 0.25) is 10.0 Å². The van der Waals surface area contributed by atoms with E-state index in [2.05, 4.69) is 16.9 Å². The van der Waals surface area contributed by atoms with E-state index in [4.69, 9.17) is 5.73 Å². The molecule has 0 atom stereocenters. The molecule has 0 unspecified atom stereocenters. The number of sulfonamides is 1. The van der Waals surface area contributed by atoms with Crippen molar-refractivity contribution in [3.63, 3.8) is 0 Å². The van der Waals surface area contributed by atoms with Gasteiger partial charge in [-0.05, 0) is 10.8 Å². The number of nitrogens with one attached hydrogen (secondary N) is 1. The van der Waals surface area contributed by atoms with Crippen molar-refractivity contribution in [1.29, 1.82) is 0 Å². The van der Waals surface area contributed by atoms with Gasteiger partial charge in [-0.2, -0.15) is 0 Å². The van der Waals surface area contributed by atoms with Gasteiger partial charge in [-0.1, -0.05) is 39.9 Å². The van der Waals surface area contributed by atoms with Gasteiger partial charge in [0, 0.05) is 6.04 Å². The van der Waals surface area contributed by atoms with Crippen LogP contribution in [0.3, 0.4) is 0 Å². The summed E-state index contributed by atoms with van der Waals surface area (Å²) in [6.45, 7) is 8.17. The molecule has 1 aliphatic rings. The molecule has 15 heavy (non-hydrogen) atoms. The molecule has 0 aromatic rings. The van der Waals surface area contributed by atoms with Crippen molar-refractivity contribution in [2.24, 2.45) is 16.6 Å². The van der Waals surface area contributed by atoms with Crippen molar-refractivity contribution in [1.82, 2.24) is 4.72 Å². The van der Waals surface area contributed by atoms with Crippen molar-refractivity contribution >= 4 is 27.2 Å². The Morgan fingerprint density at radius 1 is 1.33 bits per heavy atom. The Labute approximate surface area is 96.7 Å². The Balaban J connectivity index is 2.71. The summed E-state index contributed by atoms with van der Waals surface area (Å²) in [4.78, 5) is -0.00115. The minimum Gasteiger partial charge on any atom is -0.392 e. The Kier molecular flexibility index (Phi) is 2.91. The van der Waals surface area contributed by atoms with E-state index in [-0.39, 0.29) is 27.6 Å². The largest absolute Gasteiger partial charge is 0.392 e. The van der Waals surface area contributed by atoms with Gasteiger partial charge in [0.25, 0.3) is 0 Å². The van der Waals surface area contributed by atoms with Crippen LogP contribution in [0.15, 0.2) is 0 Å². The van der Waals surface area contributed by atoms with Crippen LogP contribution in [0.1, 0.15) is 27.7 Å². The minimum atomic E-state index is -3.38. The minimum absolute atomic E-state index is 0.00115. The molecule has 0 amide bonds. The Morgan fingerprint density at radius 3 is 2.00 bits per heavy atom. The summed E-state index contributed by atoms with van der Waals surface area (Å²) in [7, 11) is -3.38. The van der Waals surface area contributed by atoms with Crippen LogP contribution in [0.25, 0.3) is 0 Å². The van der Waals surface area contributed by atoms with E-state index in [1.165, 1.54) is 0 Å². The number of rotatable bonds is 4. The topological polar surface area (TPSA) is 72.2 Å². The van der Waals surface area contributed by atoms with Gasteiger partial charge < -0.3 is 5.73 Å². The van der Waals surface area contributed by atoms with Gasteiger partial charge >= 0.3 is 0 Å². The van der Waals surface area contributed by atoms with E-state index in [0.29, 0.717) is 0 Å². The lowest BCUT2D eigenvalue weighted by Crippen LogP contribution is -2.36. The van der Waals surface area contributed by atoms with Crippen molar-refractivity contribution < 1.29 is 8.42 Å². The molecule has 0 heterocycles. The molecule has 0 saturated heterocycles. The first-order valence-corrected chi connectivity index (χ1v) is 6.85. The van der Waals surface area contributed by atoms with Gasteiger partial charge in [0.05, 0.1) is 4.99 Å². The standard InChI is InChI=1S/C9H18N2O2S2/c1-8(2)7(9(8,3)4)11-15(12,13)5-6(10)14/h7,11H,5H2,1-4H3,(H2,10,14). The molecular weight excluding hydrogens is 232 g/mol. The zero-order chi connectivity index (χ0) is 12.1. The average Bonchev–Trinajstić information content (AvgIpc) is 2.28. The van der Waals surface area contributed by atoms with Gasteiger partial charge in [-0.15, -0.1) is 0 Å². The summed E-state index contributed by atoms with van der Waals surface area (Å²) in [5.74, 6) is -0.273. The Hall–Kier alpha value is -0.200. The number of thiocarbonyl (C=S) groups is 1. The summed E-state index contributed by atoms with van der Waals surface area (Å²) < 4.78 is 25.8. The third-order valence-electron chi connectivity index (χ3n) is 3.65. The molecule has 0 spiro atoms. The van der Waals surface area contributed by atoms with Crippen molar-refractivity contribution in [3.8, 4) is 0 Å². The third-order valence-corrected chi connectivity index (χ3v) is 5.26. The van der Waals surface area contributed by atoms with Gasteiger partial charge in [0.15, 0.2) is 0 Å². The highest BCUT2D eigenvalue weighted by Crippen LogP contribution is 2.62. The second-order valence-electron chi connectivity index (χ2n) is 5.22. The first-order chi connectivity index (χ1) is 6.51. The van der Waals surface area contributed by atoms with E-state index in [9.17, 15) is 8.42 Å². The van der Waals surface area contributed by atoms with Crippen LogP contribution in [0.2, 0.25) is 0 Å². The molecule has 0 aromatic carbocycles. The van der Waals surface area contributed by atoms with E-state index in [1.54, 1.807) is 0 Å². The first-order valence-electron chi connectivity index (χ1n) is 4.79. The van der Waals surface area contributed by atoms with Gasteiger partial charge in [0.1, 0.15) is 5.75 Å². The number of hydrogen-bond acceptors (Lipinski definition) is 3. The maximum atomic E-state index is 11.6. The Bertz CT molecular complexity index is 371. The van der Waals surface area contributed by atoms with Crippen LogP contribution in [0, 0.1) is 10.8 Å². The van der Waals surface area contributed by atoms with Gasteiger partial charge in [-0.3, -0.25) is 0 Å². The molecule has 1 rings (SSSR count). The van der Waals surface area contributed by atoms with E-state index < -0.39 is 10.0 Å². The van der Waals surface area contributed by atoms with Crippen LogP contribution in [-0.4, -0.2) is 25.2 Å². The molecular formula is C9H18N2O2S2. The molecule has 1 fully saturated rings. The van der Waals surface area contributed by atoms with Crippen molar-refractivity contribution in [2.75, 3.05) is 5.75 Å². The summed E-state index contributed by atoms with van der Waals surface area (Å²) in [6.07, 6.45) is 0. The van der Waals surface area contributed by atoms with Crippen LogP contribution in [0.4, 0.5) is 0 Å². The fourth-order valence-corrected chi connectivity index (χ4v) is 3.77. The highest BCUT2D eigenvalue weighted by atomic mass is 32.2. The molecule has 88 valence electrons. The SMILES string of the molecule is CC1(C)C(NS(=O)(=O)CC(N)=S)C1(C)C. The second-order valence-corrected chi connectivity index (χ2v) is 7.50. The summed E-state index contributed by atoms with van der Waals surface area (Å²) in [5, 5.41) is 0. The summed E-state index contributed by atoms with van der Waals surface area (Å²) >= 11 is 4.59. The molecule has 6 heteroatoms. The third kappa shape index (κ3) is 2.32. The van der Waals surface area contributed by atoms with Crippen molar-refractivity contribution in [2.45, 2.75) is 33.7 Å². The second kappa shape index (κ2) is 3.40. The molecule has 0 aromatic heterocycles. The van der Waals surface area contributed by atoms with Crippen LogP contribution in [0.5, 0.6) is 0 Å². The smallest absolute Gasteiger partial charge is 0.218 e. The maximum absolute atomic E-state index is 11.6. The number of nitrogens with two attached hydrogens (primary N) is 1. The van der Waals surface area contributed by atoms with Crippen LogP contribution >= 0.6 is 12.2 Å². The highest BCUT2D eigenvalue weighted by molar-refractivity contribution is 7.92. The highest BCUT2D eigenvalue weighted by Gasteiger charge is 2.65. The normalized spacial score (nSPS) is 23.7. The quantitative estimate of drug-likeness (QED) is 0.718. The van der Waals surface area contributed by atoms with E-state index in [0.717, 1.165) is 0 Å². The van der Waals surface area contributed by atoms with E-state index >= 15 is 0 Å². The van der Waals surface area contributed by atoms with Crippen LogP contribution < -0.4 is 10.5 Å². The van der Waals surface area contributed by atoms with Crippen LogP contribution in [-0.2, 0) is 10.0 Å².